The third-order valence-corrected chi connectivity index (χ3v) is 4.17. The lowest BCUT2D eigenvalue weighted by molar-refractivity contribution is 0.102. The molecule has 0 atom stereocenters. The summed E-state index contributed by atoms with van der Waals surface area (Å²) in [6, 6.07) is 8.24. The van der Waals surface area contributed by atoms with Crippen molar-refractivity contribution in [3.63, 3.8) is 0 Å². The van der Waals surface area contributed by atoms with E-state index in [4.69, 9.17) is 0 Å². The van der Waals surface area contributed by atoms with Crippen LogP contribution in [-0.2, 0) is 13.6 Å². The molecule has 1 aromatic carbocycles. The third kappa shape index (κ3) is 3.08. The number of carbonyl (C=O) groups excluding carboxylic acids is 1. The average Bonchev–Trinajstić information content (AvgIpc) is 3.09. The van der Waals surface area contributed by atoms with Crippen molar-refractivity contribution in [2.75, 3.05) is 5.32 Å². The summed E-state index contributed by atoms with van der Waals surface area (Å²) in [6.07, 6.45) is 3.25. The second kappa shape index (κ2) is 6.31. The van der Waals surface area contributed by atoms with E-state index in [0.29, 0.717) is 12.1 Å². The van der Waals surface area contributed by atoms with Crippen molar-refractivity contribution in [1.82, 2.24) is 19.6 Å². The number of carbonyl (C=O) groups is 1. The van der Waals surface area contributed by atoms with Gasteiger partial charge in [0.2, 0.25) is 0 Å². The maximum absolute atomic E-state index is 12.4. The van der Waals surface area contributed by atoms with Crippen molar-refractivity contribution in [3.05, 3.63) is 64.7 Å². The van der Waals surface area contributed by atoms with Gasteiger partial charge in [0.15, 0.2) is 0 Å². The number of amides is 1. The quantitative estimate of drug-likeness (QED) is 0.803. The fraction of sp³-hybridized carbons (Fsp3) is 0.278. The summed E-state index contributed by atoms with van der Waals surface area (Å²) >= 11 is 0. The van der Waals surface area contributed by atoms with E-state index in [-0.39, 0.29) is 5.91 Å². The highest BCUT2D eigenvalue weighted by atomic mass is 16.1. The van der Waals surface area contributed by atoms with E-state index in [2.05, 4.69) is 34.6 Å². The van der Waals surface area contributed by atoms with Crippen LogP contribution in [0.25, 0.3) is 0 Å². The summed E-state index contributed by atoms with van der Waals surface area (Å²) in [7, 11) is 1.79. The number of nitrogens with zero attached hydrogens (tertiary/aromatic N) is 4. The molecule has 1 amide bonds. The smallest absolute Gasteiger partial charge is 0.258 e. The topological polar surface area (TPSA) is 64.7 Å². The molecule has 0 aliphatic carbocycles. The first kappa shape index (κ1) is 16.0. The van der Waals surface area contributed by atoms with Crippen LogP contribution in [0.4, 0.5) is 5.69 Å². The summed E-state index contributed by atoms with van der Waals surface area (Å²) < 4.78 is 3.53. The fourth-order valence-corrected chi connectivity index (χ4v) is 2.70. The van der Waals surface area contributed by atoms with Gasteiger partial charge in [0.05, 0.1) is 35.4 Å². The Morgan fingerprint density at radius 3 is 2.62 bits per heavy atom. The zero-order valence-electron chi connectivity index (χ0n) is 14.4. The Kier molecular flexibility index (Phi) is 4.20. The molecule has 6 heteroatoms. The van der Waals surface area contributed by atoms with Crippen LogP contribution in [0, 0.1) is 20.8 Å². The number of anilines is 1. The lowest BCUT2D eigenvalue weighted by Gasteiger charge is -2.08. The molecule has 2 aromatic heterocycles. The number of benzene rings is 1. The molecular weight excluding hydrogens is 302 g/mol. The number of rotatable bonds is 4. The van der Waals surface area contributed by atoms with Crippen molar-refractivity contribution in [1.29, 1.82) is 0 Å². The Morgan fingerprint density at radius 2 is 1.96 bits per heavy atom. The van der Waals surface area contributed by atoms with Gasteiger partial charge >= 0.3 is 0 Å². The van der Waals surface area contributed by atoms with E-state index in [1.807, 2.05) is 30.7 Å². The Hall–Kier alpha value is -2.89. The lowest BCUT2D eigenvalue weighted by atomic mass is 10.1. The van der Waals surface area contributed by atoms with Gasteiger partial charge in [-0.05, 0) is 31.9 Å². The first-order valence-corrected chi connectivity index (χ1v) is 7.84. The van der Waals surface area contributed by atoms with Crippen molar-refractivity contribution >= 4 is 11.6 Å². The summed E-state index contributed by atoms with van der Waals surface area (Å²) in [4.78, 5) is 12.4. The van der Waals surface area contributed by atoms with Crippen LogP contribution in [0.2, 0.25) is 0 Å². The standard InChI is InChI=1S/C18H21N5O/c1-12-7-5-6-8-15(12)11-23-14(3)17(13(2)21-23)20-18(24)16-9-19-22(4)10-16/h5-10H,11H2,1-4H3,(H,20,24). The molecule has 3 aromatic rings. The van der Waals surface area contributed by atoms with E-state index < -0.39 is 0 Å². The van der Waals surface area contributed by atoms with E-state index in [0.717, 1.165) is 17.1 Å². The van der Waals surface area contributed by atoms with Gasteiger partial charge in [-0.3, -0.25) is 14.2 Å². The lowest BCUT2D eigenvalue weighted by Crippen LogP contribution is -2.13. The molecule has 0 aliphatic rings. The Morgan fingerprint density at radius 1 is 1.21 bits per heavy atom. The first-order chi connectivity index (χ1) is 11.5. The zero-order chi connectivity index (χ0) is 17.3. The minimum Gasteiger partial charge on any atom is -0.319 e. The van der Waals surface area contributed by atoms with Crippen LogP contribution in [0.1, 0.15) is 32.9 Å². The van der Waals surface area contributed by atoms with Crippen molar-refractivity contribution in [2.45, 2.75) is 27.3 Å². The monoisotopic (exact) mass is 323 g/mol. The normalized spacial score (nSPS) is 10.8. The van der Waals surface area contributed by atoms with Gasteiger partial charge in [0.25, 0.3) is 5.91 Å². The van der Waals surface area contributed by atoms with Gasteiger partial charge < -0.3 is 5.32 Å². The highest BCUT2D eigenvalue weighted by molar-refractivity contribution is 6.04. The first-order valence-electron chi connectivity index (χ1n) is 7.84. The molecule has 0 fully saturated rings. The molecule has 1 N–H and O–H groups in total. The largest absolute Gasteiger partial charge is 0.319 e. The van der Waals surface area contributed by atoms with Crippen LogP contribution in [-0.4, -0.2) is 25.5 Å². The number of aromatic nitrogens is 4. The Balaban J connectivity index is 1.84. The van der Waals surface area contributed by atoms with Gasteiger partial charge in [0.1, 0.15) is 0 Å². The van der Waals surface area contributed by atoms with Crippen molar-refractivity contribution in [3.8, 4) is 0 Å². The predicted octanol–water partition coefficient (Wildman–Crippen LogP) is 2.84. The maximum atomic E-state index is 12.4. The van der Waals surface area contributed by atoms with E-state index in [1.54, 1.807) is 24.1 Å². The van der Waals surface area contributed by atoms with E-state index >= 15 is 0 Å². The Labute approximate surface area is 141 Å². The van der Waals surface area contributed by atoms with E-state index in [9.17, 15) is 4.79 Å². The van der Waals surface area contributed by atoms with Crippen molar-refractivity contribution in [2.24, 2.45) is 7.05 Å². The van der Waals surface area contributed by atoms with Gasteiger partial charge in [-0.1, -0.05) is 24.3 Å². The zero-order valence-corrected chi connectivity index (χ0v) is 14.4. The number of nitrogens with one attached hydrogen (secondary N) is 1. The second-order valence-electron chi connectivity index (χ2n) is 5.99. The predicted molar refractivity (Wildman–Crippen MR) is 93.1 cm³/mol. The van der Waals surface area contributed by atoms with Gasteiger partial charge in [-0.2, -0.15) is 10.2 Å². The van der Waals surface area contributed by atoms with Gasteiger partial charge in [-0.25, -0.2) is 0 Å². The summed E-state index contributed by atoms with van der Waals surface area (Å²) in [5.41, 5.74) is 5.48. The van der Waals surface area contributed by atoms with Crippen LogP contribution in [0.3, 0.4) is 0 Å². The summed E-state index contributed by atoms with van der Waals surface area (Å²) in [5, 5.41) is 11.6. The minimum atomic E-state index is -0.176. The molecule has 2 heterocycles. The molecule has 6 nitrogen and oxygen atoms in total. The second-order valence-corrected chi connectivity index (χ2v) is 5.99. The number of hydrogen-bond acceptors (Lipinski definition) is 3. The highest BCUT2D eigenvalue weighted by Crippen LogP contribution is 2.22. The molecular formula is C18H21N5O. The average molecular weight is 323 g/mol. The third-order valence-electron chi connectivity index (χ3n) is 4.17. The SMILES string of the molecule is Cc1ccccc1Cn1nc(C)c(NC(=O)c2cnn(C)c2)c1C. The molecule has 0 bridgehead atoms. The molecule has 0 saturated heterocycles. The van der Waals surface area contributed by atoms with Crippen LogP contribution in [0.5, 0.6) is 0 Å². The highest BCUT2D eigenvalue weighted by Gasteiger charge is 2.16. The number of hydrogen-bond donors (Lipinski definition) is 1. The molecule has 0 radical (unpaired) electrons. The summed E-state index contributed by atoms with van der Waals surface area (Å²) in [5.74, 6) is -0.176. The molecule has 0 saturated carbocycles. The van der Waals surface area contributed by atoms with Gasteiger partial charge in [-0.15, -0.1) is 0 Å². The molecule has 3 rings (SSSR count). The van der Waals surface area contributed by atoms with Crippen LogP contribution < -0.4 is 5.32 Å². The minimum absolute atomic E-state index is 0.176. The summed E-state index contributed by atoms with van der Waals surface area (Å²) in [6.45, 7) is 6.64. The molecule has 0 unspecified atom stereocenters. The Bertz CT molecular complexity index is 891. The van der Waals surface area contributed by atoms with Crippen LogP contribution in [0.15, 0.2) is 36.7 Å². The van der Waals surface area contributed by atoms with Crippen molar-refractivity contribution < 1.29 is 4.79 Å². The van der Waals surface area contributed by atoms with Gasteiger partial charge in [0, 0.05) is 13.2 Å². The molecule has 0 spiro atoms. The molecule has 24 heavy (non-hydrogen) atoms. The number of aryl methyl sites for hydroxylation is 3. The molecule has 124 valence electrons. The maximum Gasteiger partial charge on any atom is 0.258 e. The molecule has 0 aliphatic heterocycles. The van der Waals surface area contributed by atoms with E-state index in [1.165, 1.54) is 11.1 Å². The van der Waals surface area contributed by atoms with Crippen LogP contribution >= 0.6 is 0 Å². The fourth-order valence-electron chi connectivity index (χ4n) is 2.70.